The molecule has 154 valence electrons. The van der Waals surface area contributed by atoms with Gasteiger partial charge in [0, 0.05) is 49.7 Å². The Balaban J connectivity index is 1.32. The minimum Gasteiger partial charge on any atom is -0.349 e. The summed E-state index contributed by atoms with van der Waals surface area (Å²) in [5, 5.41) is 7.30. The molecule has 0 aromatic carbocycles. The Kier molecular flexibility index (Phi) is 5.92. The molecule has 29 heavy (non-hydrogen) atoms. The molecule has 0 unspecified atom stereocenters. The van der Waals surface area contributed by atoms with Crippen molar-refractivity contribution < 1.29 is 9.59 Å². The Morgan fingerprint density at radius 1 is 1.10 bits per heavy atom. The Labute approximate surface area is 171 Å². The lowest BCUT2D eigenvalue weighted by Crippen LogP contribution is -2.39. The summed E-state index contributed by atoms with van der Waals surface area (Å²) in [4.78, 5) is 31.6. The van der Waals surface area contributed by atoms with Gasteiger partial charge in [0.15, 0.2) is 0 Å². The van der Waals surface area contributed by atoms with Crippen LogP contribution in [0.25, 0.3) is 0 Å². The summed E-state index contributed by atoms with van der Waals surface area (Å²) in [6.45, 7) is 4.10. The van der Waals surface area contributed by atoms with Gasteiger partial charge in [0.1, 0.15) is 5.69 Å². The lowest BCUT2D eigenvalue weighted by Gasteiger charge is -2.31. The summed E-state index contributed by atoms with van der Waals surface area (Å²) in [5.41, 5.74) is 2.29. The van der Waals surface area contributed by atoms with Crippen molar-refractivity contribution >= 4 is 11.8 Å². The minimum atomic E-state index is -0.0242. The molecule has 2 aromatic heterocycles. The fourth-order valence-corrected chi connectivity index (χ4v) is 4.43. The number of aryl methyl sites for hydroxylation is 1. The monoisotopic (exact) mass is 395 g/mol. The van der Waals surface area contributed by atoms with E-state index in [1.807, 2.05) is 24.0 Å². The second kappa shape index (κ2) is 8.76. The highest BCUT2D eigenvalue weighted by Crippen LogP contribution is 2.27. The molecule has 0 bridgehead atoms. The standard InChI is InChI=1S/C22H29N5O2/c1-2-27-20(9-12-24-27)22(29)26-13-10-16(11-14-26)19-8-7-17(15-23-19)21(28)25-18-5-3-4-6-18/h7-9,12,15-16,18H,2-6,10-11,13-14H2,1H3,(H,25,28). The molecule has 2 amide bonds. The maximum atomic E-state index is 12.8. The van der Waals surface area contributed by atoms with E-state index in [0.717, 1.165) is 31.4 Å². The van der Waals surface area contributed by atoms with Crippen LogP contribution in [0.4, 0.5) is 0 Å². The van der Waals surface area contributed by atoms with Gasteiger partial charge in [-0.1, -0.05) is 12.8 Å². The fourth-order valence-electron chi connectivity index (χ4n) is 4.43. The van der Waals surface area contributed by atoms with Gasteiger partial charge < -0.3 is 10.2 Å². The zero-order valence-electron chi connectivity index (χ0n) is 17.0. The van der Waals surface area contributed by atoms with E-state index in [2.05, 4.69) is 15.4 Å². The van der Waals surface area contributed by atoms with Crippen LogP contribution in [0.2, 0.25) is 0 Å². The van der Waals surface area contributed by atoms with E-state index in [9.17, 15) is 9.59 Å². The van der Waals surface area contributed by atoms with Gasteiger partial charge in [-0.15, -0.1) is 0 Å². The van der Waals surface area contributed by atoms with Gasteiger partial charge in [0.2, 0.25) is 0 Å². The van der Waals surface area contributed by atoms with Crippen LogP contribution >= 0.6 is 0 Å². The first-order valence-electron chi connectivity index (χ1n) is 10.7. The lowest BCUT2D eigenvalue weighted by molar-refractivity contribution is 0.0699. The van der Waals surface area contributed by atoms with Gasteiger partial charge in [0.05, 0.1) is 5.56 Å². The van der Waals surface area contributed by atoms with Gasteiger partial charge in [-0.2, -0.15) is 5.10 Å². The quantitative estimate of drug-likeness (QED) is 0.844. The van der Waals surface area contributed by atoms with Gasteiger partial charge in [-0.25, -0.2) is 0 Å². The first kappa shape index (κ1) is 19.6. The molecule has 2 aliphatic rings. The minimum absolute atomic E-state index is 0.0242. The predicted molar refractivity (Wildman–Crippen MR) is 110 cm³/mol. The highest BCUT2D eigenvalue weighted by atomic mass is 16.2. The zero-order valence-corrected chi connectivity index (χ0v) is 17.0. The SMILES string of the molecule is CCn1nccc1C(=O)N1CCC(c2ccc(C(=O)NC3CCCC3)cn2)CC1. The van der Waals surface area contributed by atoms with Gasteiger partial charge in [0.25, 0.3) is 11.8 Å². The van der Waals surface area contributed by atoms with Crippen LogP contribution in [-0.2, 0) is 6.54 Å². The molecule has 1 saturated heterocycles. The summed E-state index contributed by atoms with van der Waals surface area (Å²) in [6.07, 6.45) is 9.68. The van der Waals surface area contributed by atoms with Crippen LogP contribution < -0.4 is 5.32 Å². The molecular weight excluding hydrogens is 366 g/mol. The van der Waals surface area contributed by atoms with Crippen molar-refractivity contribution in [1.29, 1.82) is 0 Å². The number of nitrogens with zero attached hydrogens (tertiary/aromatic N) is 4. The zero-order chi connectivity index (χ0) is 20.2. The summed E-state index contributed by atoms with van der Waals surface area (Å²) >= 11 is 0. The fraction of sp³-hybridized carbons (Fsp3) is 0.545. The van der Waals surface area contributed by atoms with Crippen molar-refractivity contribution in [2.75, 3.05) is 13.1 Å². The third kappa shape index (κ3) is 4.33. The first-order chi connectivity index (χ1) is 14.2. The molecular formula is C22H29N5O2. The number of carbonyl (C=O) groups excluding carboxylic acids is 2. The number of aromatic nitrogens is 3. The molecule has 0 spiro atoms. The van der Waals surface area contributed by atoms with Crippen molar-refractivity contribution in [2.45, 2.75) is 64.0 Å². The van der Waals surface area contributed by atoms with Crippen LogP contribution in [0.15, 0.2) is 30.6 Å². The first-order valence-corrected chi connectivity index (χ1v) is 10.7. The van der Waals surface area contributed by atoms with Crippen molar-refractivity contribution in [3.05, 3.63) is 47.5 Å². The van der Waals surface area contributed by atoms with E-state index in [1.165, 1.54) is 12.8 Å². The van der Waals surface area contributed by atoms with Crippen molar-refractivity contribution in [3.63, 3.8) is 0 Å². The van der Waals surface area contributed by atoms with Crippen molar-refractivity contribution in [1.82, 2.24) is 25.0 Å². The number of piperidine rings is 1. The highest BCUT2D eigenvalue weighted by Gasteiger charge is 2.27. The second-order valence-electron chi connectivity index (χ2n) is 8.03. The maximum Gasteiger partial charge on any atom is 0.272 e. The number of pyridine rings is 1. The number of amides is 2. The maximum absolute atomic E-state index is 12.8. The number of hydrogen-bond donors (Lipinski definition) is 1. The second-order valence-corrected chi connectivity index (χ2v) is 8.03. The van der Waals surface area contributed by atoms with Crippen LogP contribution in [0.1, 0.15) is 77.9 Å². The molecule has 0 radical (unpaired) electrons. The summed E-state index contributed by atoms with van der Waals surface area (Å²) < 4.78 is 1.74. The largest absolute Gasteiger partial charge is 0.349 e. The summed E-state index contributed by atoms with van der Waals surface area (Å²) in [5.74, 6) is 0.348. The Bertz CT molecular complexity index is 846. The number of likely N-dealkylation sites (tertiary alicyclic amines) is 1. The molecule has 1 aliphatic heterocycles. The molecule has 4 rings (SSSR count). The normalized spacial score (nSPS) is 18.2. The Hall–Kier alpha value is -2.70. The molecule has 1 N–H and O–H groups in total. The predicted octanol–water partition coefficient (Wildman–Crippen LogP) is 2.99. The van der Waals surface area contributed by atoms with Crippen LogP contribution in [0, 0.1) is 0 Å². The molecule has 1 aliphatic carbocycles. The smallest absolute Gasteiger partial charge is 0.272 e. The molecule has 3 heterocycles. The number of nitrogens with one attached hydrogen (secondary N) is 1. The highest BCUT2D eigenvalue weighted by molar-refractivity contribution is 5.94. The number of carbonyl (C=O) groups is 2. The average Bonchev–Trinajstić information content (AvgIpc) is 3.45. The van der Waals surface area contributed by atoms with Crippen LogP contribution in [-0.4, -0.2) is 50.6 Å². The van der Waals surface area contributed by atoms with Crippen LogP contribution in [0.5, 0.6) is 0 Å². The van der Waals surface area contributed by atoms with E-state index < -0.39 is 0 Å². The third-order valence-corrected chi connectivity index (χ3v) is 6.17. The van der Waals surface area contributed by atoms with E-state index in [1.54, 1.807) is 23.1 Å². The summed E-state index contributed by atoms with van der Waals surface area (Å²) in [7, 11) is 0. The van der Waals surface area contributed by atoms with E-state index >= 15 is 0 Å². The van der Waals surface area contributed by atoms with E-state index in [0.29, 0.717) is 42.9 Å². The van der Waals surface area contributed by atoms with E-state index in [-0.39, 0.29) is 11.8 Å². The molecule has 0 atom stereocenters. The molecule has 1 saturated carbocycles. The van der Waals surface area contributed by atoms with Crippen LogP contribution in [0.3, 0.4) is 0 Å². The Morgan fingerprint density at radius 2 is 1.86 bits per heavy atom. The van der Waals surface area contributed by atoms with Crippen molar-refractivity contribution in [2.24, 2.45) is 0 Å². The molecule has 2 aromatic rings. The van der Waals surface area contributed by atoms with E-state index in [4.69, 9.17) is 0 Å². The Morgan fingerprint density at radius 3 is 2.52 bits per heavy atom. The van der Waals surface area contributed by atoms with Gasteiger partial charge in [-0.05, 0) is 50.8 Å². The average molecular weight is 396 g/mol. The molecule has 7 heteroatoms. The molecule has 2 fully saturated rings. The number of hydrogen-bond acceptors (Lipinski definition) is 4. The third-order valence-electron chi connectivity index (χ3n) is 6.17. The topological polar surface area (TPSA) is 80.1 Å². The van der Waals surface area contributed by atoms with Gasteiger partial charge in [-0.3, -0.25) is 19.3 Å². The number of rotatable bonds is 5. The van der Waals surface area contributed by atoms with Gasteiger partial charge >= 0.3 is 0 Å². The lowest BCUT2D eigenvalue weighted by atomic mass is 9.92. The molecule has 7 nitrogen and oxygen atoms in total. The van der Waals surface area contributed by atoms with Crippen molar-refractivity contribution in [3.8, 4) is 0 Å². The summed E-state index contributed by atoms with van der Waals surface area (Å²) in [6, 6.07) is 5.95.